The summed E-state index contributed by atoms with van der Waals surface area (Å²) in [6.07, 6.45) is 2.88. The summed E-state index contributed by atoms with van der Waals surface area (Å²) < 4.78 is 0. The molecular formula is C8H16NO. The molecule has 0 aliphatic carbocycles. The van der Waals surface area contributed by atoms with Gasteiger partial charge in [0.1, 0.15) is 0 Å². The molecule has 0 aromatic carbocycles. The Morgan fingerprint density at radius 3 is 2.10 bits per heavy atom. The van der Waals surface area contributed by atoms with Gasteiger partial charge in [0.2, 0.25) is 0 Å². The van der Waals surface area contributed by atoms with E-state index in [4.69, 9.17) is 0 Å². The summed E-state index contributed by atoms with van der Waals surface area (Å²) in [7, 11) is 1.78. The summed E-state index contributed by atoms with van der Waals surface area (Å²) in [6, 6.07) is 0.345. The maximum atomic E-state index is 10.2. The van der Waals surface area contributed by atoms with Crippen molar-refractivity contribution in [2.24, 2.45) is 5.92 Å². The molecule has 0 N–H and O–H groups in total. The van der Waals surface area contributed by atoms with Crippen molar-refractivity contribution in [2.45, 2.75) is 33.2 Å². The van der Waals surface area contributed by atoms with Gasteiger partial charge in [0.25, 0.3) is 0 Å². The Morgan fingerprint density at radius 2 is 2.00 bits per heavy atom. The first-order valence-electron chi connectivity index (χ1n) is 3.74. The van der Waals surface area contributed by atoms with Crippen molar-refractivity contribution in [3.63, 3.8) is 0 Å². The largest absolute Gasteiger partial charge is 0.334 e. The molecule has 0 bridgehead atoms. The van der Waals surface area contributed by atoms with Gasteiger partial charge in [-0.3, -0.25) is 4.79 Å². The van der Waals surface area contributed by atoms with Crippen LogP contribution in [-0.4, -0.2) is 24.4 Å². The molecule has 2 heteroatoms. The quantitative estimate of drug-likeness (QED) is 0.544. The maximum Gasteiger partial charge on any atom is 0.312 e. The number of rotatable bonds is 4. The summed E-state index contributed by atoms with van der Waals surface area (Å²) in [5.41, 5.74) is 0. The van der Waals surface area contributed by atoms with E-state index in [1.54, 1.807) is 11.9 Å². The van der Waals surface area contributed by atoms with Crippen molar-refractivity contribution in [3.8, 4) is 0 Å². The van der Waals surface area contributed by atoms with Crippen molar-refractivity contribution in [1.82, 2.24) is 4.90 Å². The molecule has 1 radical (unpaired) electrons. The lowest BCUT2D eigenvalue weighted by atomic mass is 10.0. The molecule has 0 heterocycles. The van der Waals surface area contributed by atoms with Crippen LogP contribution in [0, 0.1) is 5.92 Å². The first-order valence-corrected chi connectivity index (χ1v) is 3.74. The van der Waals surface area contributed by atoms with Crippen molar-refractivity contribution in [3.05, 3.63) is 0 Å². The lowest BCUT2D eigenvalue weighted by Gasteiger charge is -2.25. The minimum atomic E-state index is 0.345. The highest BCUT2D eigenvalue weighted by atomic mass is 16.1. The highest BCUT2D eigenvalue weighted by Gasteiger charge is 2.14. The van der Waals surface area contributed by atoms with E-state index in [-0.39, 0.29) is 0 Å². The Morgan fingerprint density at radius 1 is 1.50 bits per heavy atom. The molecule has 0 aromatic heterocycles. The van der Waals surface area contributed by atoms with Crippen LogP contribution in [0.4, 0.5) is 0 Å². The normalized spacial score (nSPS) is 13.3. The maximum absolute atomic E-state index is 10.2. The van der Waals surface area contributed by atoms with Crippen LogP contribution in [0.25, 0.3) is 0 Å². The number of nitrogens with zero attached hydrogens (tertiary/aromatic N) is 1. The van der Waals surface area contributed by atoms with Crippen LogP contribution in [0.1, 0.15) is 27.2 Å². The first-order chi connectivity index (χ1) is 4.63. The van der Waals surface area contributed by atoms with Crippen LogP contribution in [0.2, 0.25) is 0 Å². The van der Waals surface area contributed by atoms with Crippen LogP contribution < -0.4 is 0 Å². The molecule has 0 aliphatic rings. The molecule has 1 atom stereocenters. The van der Waals surface area contributed by atoms with Gasteiger partial charge >= 0.3 is 6.41 Å². The average Bonchev–Trinajstić information content (AvgIpc) is 1.88. The third-order valence-electron chi connectivity index (χ3n) is 1.83. The Balaban J connectivity index is 3.92. The molecule has 0 spiro atoms. The zero-order chi connectivity index (χ0) is 8.15. The van der Waals surface area contributed by atoms with Gasteiger partial charge in [0.05, 0.1) is 0 Å². The molecule has 2 nitrogen and oxygen atoms in total. The second-order valence-corrected chi connectivity index (χ2v) is 2.92. The number of hydrogen-bond donors (Lipinski definition) is 0. The minimum absolute atomic E-state index is 0.345. The Bertz CT molecular complexity index is 101. The third kappa shape index (κ3) is 2.38. The van der Waals surface area contributed by atoms with Gasteiger partial charge in [-0.2, -0.15) is 0 Å². The molecule has 0 saturated carbocycles. The highest BCUT2D eigenvalue weighted by molar-refractivity contribution is 5.48. The summed E-state index contributed by atoms with van der Waals surface area (Å²) in [4.78, 5) is 11.8. The lowest BCUT2D eigenvalue weighted by molar-refractivity contribution is 0.266. The molecule has 0 saturated heterocycles. The zero-order valence-electron chi connectivity index (χ0n) is 7.22. The average molecular weight is 142 g/mol. The van der Waals surface area contributed by atoms with E-state index in [1.807, 2.05) is 6.41 Å². The van der Waals surface area contributed by atoms with E-state index in [0.29, 0.717) is 12.0 Å². The number of hydrogen-bond acceptors (Lipinski definition) is 1. The number of carbonyl (C=O) groups excluding carboxylic acids is 1. The highest BCUT2D eigenvalue weighted by Crippen LogP contribution is 2.10. The molecule has 1 unspecified atom stereocenters. The molecule has 59 valence electrons. The van der Waals surface area contributed by atoms with E-state index in [1.165, 1.54) is 0 Å². The fourth-order valence-electron chi connectivity index (χ4n) is 1.26. The van der Waals surface area contributed by atoms with E-state index in [2.05, 4.69) is 20.8 Å². The summed E-state index contributed by atoms with van der Waals surface area (Å²) in [5, 5.41) is 0. The second kappa shape index (κ2) is 4.31. The fourth-order valence-corrected chi connectivity index (χ4v) is 1.26. The molecular weight excluding hydrogens is 126 g/mol. The van der Waals surface area contributed by atoms with Crippen LogP contribution in [0.15, 0.2) is 0 Å². The molecule has 0 fully saturated rings. The number of amides is 1. The SMILES string of the molecule is CCC(C(C)C)N(C)[C]=O. The molecule has 0 aromatic rings. The van der Waals surface area contributed by atoms with Crippen molar-refractivity contribution < 1.29 is 4.79 Å². The van der Waals surface area contributed by atoms with Gasteiger partial charge in [-0.25, -0.2) is 0 Å². The topological polar surface area (TPSA) is 20.3 Å². The van der Waals surface area contributed by atoms with Gasteiger partial charge in [0, 0.05) is 13.1 Å². The van der Waals surface area contributed by atoms with E-state index >= 15 is 0 Å². The summed E-state index contributed by atoms with van der Waals surface area (Å²) >= 11 is 0. The summed E-state index contributed by atoms with van der Waals surface area (Å²) in [6.45, 7) is 6.31. The van der Waals surface area contributed by atoms with Gasteiger partial charge in [-0.05, 0) is 12.3 Å². The van der Waals surface area contributed by atoms with Crippen molar-refractivity contribution in [1.29, 1.82) is 0 Å². The van der Waals surface area contributed by atoms with Crippen LogP contribution in [0.5, 0.6) is 0 Å². The Kier molecular flexibility index (Phi) is 4.08. The molecule has 1 amide bonds. The van der Waals surface area contributed by atoms with E-state index in [9.17, 15) is 4.79 Å². The Labute approximate surface area is 63.2 Å². The third-order valence-corrected chi connectivity index (χ3v) is 1.83. The Hall–Kier alpha value is -0.530. The fraction of sp³-hybridized carbons (Fsp3) is 0.875. The van der Waals surface area contributed by atoms with Gasteiger partial charge in [-0.15, -0.1) is 0 Å². The van der Waals surface area contributed by atoms with Crippen LogP contribution in [0.3, 0.4) is 0 Å². The lowest BCUT2D eigenvalue weighted by Crippen LogP contribution is -2.34. The smallest absolute Gasteiger partial charge is 0.312 e. The van der Waals surface area contributed by atoms with Crippen molar-refractivity contribution >= 4 is 6.41 Å². The molecule has 0 rings (SSSR count). The van der Waals surface area contributed by atoms with Gasteiger partial charge in [-0.1, -0.05) is 20.8 Å². The second-order valence-electron chi connectivity index (χ2n) is 2.92. The van der Waals surface area contributed by atoms with Crippen LogP contribution in [-0.2, 0) is 4.79 Å². The minimum Gasteiger partial charge on any atom is -0.334 e. The zero-order valence-corrected chi connectivity index (χ0v) is 7.22. The van der Waals surface area contributed by atoms with E-state index < -0.39 is 0 Å². The molecule has 10 heavy (non-hydrogen) atoms. The first kappa shape index (κ1) is 9.47. The predicted molar refractivity (Wildman–Crippen MR) is 42.4 cm³/mol. The standard InChI is InChI=1S/C8H16NO/c1-5-8(7(2)3)9(4)6-10/h7-8H,5H2,1-4H3. The molecule has 0 aliphatic heterocycles. The van der Waals surface area contributed by atoms with Gasteiger partial charge < -0.3 is 4.90 Å². The van der Waals surface area contributed by atoms with Crippen molar-refractivity contribution in [2.75, 3.05) is 7.05 Å². The predicted octanol–water partition coefficient (Wildman–Crippen LogP) is 1.42. The summed E-state index contributed by atoms with van der Waals surface area (Å²) in [5.74, 6) is 0.524. The van der Waals surface area contributed by atoms with Gasteiger partial charge in [0.15, 0.2) is 0 Å². The monoisotopic (exact) mass is 142 g/mol. The van der Waals surface area contributed by atoms with E-state index in [0.717, 1.165) is 6.42 Å². The van der Waals surface area contributed by atoms with Crippen LogP contribution >= 0.6 is 0 Å².